The van der Waals surface area contributed by atoms with Crippen molar-refractivity contribution in [3.8, 4) is 0 Å². The van der Waals surface area contributed by atoms with Crippen molar-refractivity contribution in [3.63, 3.8) is 0 Å². The number of nitrogens with one attached hydrogen (secondary N) is 3. The number of esters is 1. The predicted molar refractivity (Wildman–Crippen MR) is 145 cm³/mol. The van der Waals surface area contributed by atoms with Gasteiger partial charge in [0.2, 0.25) is 5.91 Å². The van der Waals surface area contributed by atoms with Crippen LogP contribution in [-0.4, -0.2) is 29.5 Å². The van der Waals surface area contributed by atoms with Crippen LogP contribution in [0.3, 0.4) is 0 Å². The fourth-order valence-electron chi connectivity index (χ4n) is 3.39. The molecule has 3 aromatic carbocycles. The minimum atomic E-state index is -0.314. The van der Waals surface area contributed by atoms with Crippen molar-refractivity contribution in [1.29, 1.82) is 0 Å². The Morgan fingerprint density at radius 2 is 1.42 bits per heavy atom. The Kier molecular flexibility index (Phi) is 10.6. The van der Waals surface area contributed by atoms with Crippen molar-refractivity contribution >= 4 is 46.5 Å². The van der Waals surface area contributed by atoms with Crippen molar-refractivity contribution in [2.45, 2.75) is 32.1 Å². The van der Waals surface area contributed by atoms with Crippen LogP contribution in [0.25, 0.3) is 0 Å². The number of aryl methyl sites for hydroxylation is 1. The first-order valence-corrected chi connectivity index (χ1v) is 12.2. The summed E-state index contributed by atoms with van der Waals surface area (Å²) in [4.78, 5) is 36.4. The molecule has 0 saturated carbocycles. The third kappa shape index (κ3) is 9.68. The van der Waals surface area contributed by atoms with Crippen LogP contribution in [0.2, 0.25) is 0 Å². The molecule has 0 aliphatic heterocycles. The summed E-state index contributed by atoms with van der Waals surface area (Å²) in [5.74, 6) is -0.831. The highest BCUT2D eigenvalue weighted by Crippen LogP contribution is 2.16. The maximum atomic E-state index is 12.3. The van der Waals surface area contributed by atoms with Crippen LogP contribution in [-0.2, 0) is 20.7 Å². The monoisotopic (exact) mass is 503 g/mol. The first-order chi connectivity index (χ1) is 17.5. The van der Waals surface area contributed by atoms with E-state index in [1.165, 1.54) is 5.56 Å². The molecule has 8 heteroatoms. The maximum absolute atomic E-state index is 12.3. The molecule has 0 aliphatic rings. The van der Waals surface area contributed by atoms with Crippen LogP contribution in [0.1, 0.15) is 41.6 Å². The van der Waals surface area contributed by atoms with Crippen molar-refractivity contribution in [2.75, 3.05) is 17.2 Å². The summed E-state index contributed by atoms with van der Waals surface area (Å²) in [7, 11) is 0. The summed E-state index contributed by atoms with van der Waals surface area (Å²) in [5.41, 5.74) is 2.96. The van der Waals surface area contributed by atoms with Gasteiger partial charge in [-0.2, -0.15) is 0 Å². The summed E-state index contributed by atoms with van der Waals surface area (Å²) in [6.45, 7) is 0.360. The van der Waals surface area contributed by atoms with E-state index in [4.69, 9.17) is 17.0 Å². The van der Waals surface area contributed by atoms with E-state index in [9.17, 15) is 14.4 Å². The fourth-order valence-corrected chi connectivity index (χ4v) is 3.62. The van der Waals surface area contributed by atoms with Gasteiger partial charge in [-0.15, -0.1) is 0 Å². The molecule has 2 amide bonds. The number of hydrogen-bond donors (Lipinski definition) is 3. The number of anilines is 2. The Balaban J connectivity index is 1.31. The van der Waals surface area contributed by atoms with E-state index in [-0.39, 0.29) is 35.7 Å². The lowest BCUT2D eigenvalue weighted by atomic mass is 10.1. The molecule has 0 heterocycles. The van der Waals surface area contributed by atoms with Gasteiger partial charge in [-0.25, -0.2) is 0 Å². The van der Waals surface area contributed by atoms with E-state index in [1.54, 1.807) is 48.5 Å². The van der Waals surface area contributed by atoms with Gasteiger partial charge in [0.1, 0.15) is 0 Å². The molecule has 0 aliphatic carbocycles. The number of carbonyl (C=O) groups is 3. The molecular formula is C28H29N3O4S. The largest absolute Gasteiger partial charge is 0.466 e. The zero-order valence-electron chi connectivity index (χ0n) is 19.9. The van der Waals surface area contributed by atoms with Crippen LogP contribution in [0.5, 0.6) is 0 Å². The third-order valence-electron chi connectivity index (χ3n) is 5.17. The highest BCUT2D eigenvalue weighted by atomic mass is 32.1. The molecule has 0 atom stereocenters. The minimum Gasteiger partial charge on any atom is -0.466 e. The molecule has 0 bridgehead atoms. The topological polar surface area (TPSA) is 96.5 Å². The van der Waals surface area contributed by atoms with Gasteiger partial charge >= 0.3 is 5.97 Å². The van der Waals surface area contributed by atoms with Gasteiger partial charge in [-0.1, -0.05) is 54.6 Å². The zero-order valence-corrected chi connectivity index (χ0v) is 20.7. The quantitative estimate of drug-likeness (QED) is 0.191. The first kappa shape index (κ1) is 26.6. The van der Waals surface area contributed by atoms with Crippen molar-refractivity contribution in [3.05, 3.63) is 96.1 Å². The number of carbonyl (C=O) groups excluding carboxylic acids is 3. The second-order valence-corrected chi connectivity index (χ2v) is 8.47. The molecule has 0 saturated heterocycles. The Hall–Kier alpha value is -4.04. The van der Waals surface area contributed by atoms with Gasteiger partial charge < -0.3 is 20.7 Å². The van der Waals surface area contributed by atoms with Crippen molar-refractivity contribution < 1.29 is 19.1 Å². The normalized spacial score (nSPS) is 10.2. The molecule has 36 heavy (non-hydrogen) atoms. The molecule has 7 nitrogen and oxygen atoms in total. The number of thiocarbonyl (C=S) groups is 1. The average molecular weight is 504 g/mol. The van der Waals surface area contributed by atoms with Gasteiger partial charge in [0, 0.05) is 29.8 Å². The van der Waals surface area contributed by atoms with Crippen LogP contribution >= 0.6 is 12.2 Å². The lowest BCUT2D eigenvalue weighted by Crippen LogP contribution is -2.34. The molecule has 3 N–H and O–H groups in total. The number of amides is 2. The molecule has 186 valence electrons. The summed E-state index contributed by atoms with van der Waals surface area (Å²) in [6.07, 6.45) is 2.29. The average Bonchev–Trinajstić information content (AvgIpc) is 2.88. The molecular weight excluding hydrogens is 474 g/mol. The maximum Gasteiger partial charge on any atom is 0.305 e. The van der Waals surface area contributed by atoms with Crippen LogP contribution in [0.4, 0.5) is 11.4 Å². The molecule has 0 radical (unpaired) electrons. The summed E-state index contributed by atoms with van der Waals surface area (Å²) in [6, 6.07) is 25.9. The van der Waals surface area contributed by atoms with Gasteiger partial charge in [0.15, 0.2) is 5.11 Å². The number of benzene rings is 3. The van der Waals surface area contributed by atoms with E-state index < -0.39 is 0 Å². The van der Waals surface area contributed by atoms with E-state index in [0.717, 1.165) is 12.8 Å². The molecule has 0 fully saturated rings. The molecule has 0 unspecified atom stereocenters. The van der Waals surface area contributed by atoms with Crippen LogP contribution < -0.4 is 16.0 Å². The van der Waals surface area contributed by atoms with Gasteiger partial charge in [0.25, 0.3) is 5.91 Å². The molecule has 3 aromatic rings. The Morgan fingerprint density at radius 1 is 0.750 bits per heavy atom. The van der Waals surface area contributed by atoms with E-state index >= 15 is 0 Å². The lowest BCUT2D eigenvalue weighted by Gasteiger charge is -2.11. The highest BCUT2D eigenvalue weighted by Gasteiger charge is 2.09. The van der Waals surface area contributed by atoms with Crippen LogP contribution in [0.15, 0.2) is 84.9 Å². The van der Waals surface area contributed by atoms with Crippen molar-refractivity contribution in [2.24, 2.45) is 0 Å². The third-order valence-corrected chi connectivity index (χ3v) is 5.37. The second-order valence-electron chi connectivity index (χ2n) is 8.07. The number of ether oxygens (including phenoxy) is 1. The van der Waals surface area contributed by atoms with E-state index in [2.05, 4.69) is 16.0 Å². The predicted octanol–water partition coefficient (Wildman–Crippen LogP) is 5.10. The first-order valence-electron chi connectivity index (χ1n) is 11.8. The van der Waals surface area contributed by atoms with Gasteiger partial charge in [-0.05, 0) is 67.4 Å². The second kappa shape index (κ2) is 14.4. The van der Waals surface area contributed by atoms with E-state index in [0.29, 0.717) is 30.0 Å². The number of hydrogen-bond acceptors (Lipinski definition) is 5. The van der Waals surface area contributed by atoms with Crippen LogP contribution in [0, 0.1) is 0 Å². The zero-order chi connectivity index (χ0) is 25.6. The van der Waals surface area contributed by atoms with Gasteiger partial charge in [0.05, 0.1) is 6.61 Å². The highest BCUT2D eigenvalue weighted by molar-refractivity contribution is 7.80. The van der Waals surface area contributed by atoms with Crippen molar-refractivity contribution in [1.82, 2.24) is 5.32 Å². The van der Waals surface area contributed by atoms with E-state index in [1.807, 2.05) is 36.4 Å². The minimum absolute atomic E-state index is 0.134. The lowest BCUT2D eigenvalue weighted by molar-refractivity contribution is -0.143. The Morgan fingerprint density at radius 3 is 2.14 bits per heavy atom. The summed E-state index contributed by atoms with van der Waals surface area (Å²) < 4.78 is 5.23. The van der Waals surface area contributed by atoms with Gasteiger partial charge in [-0.3, -0.25) is 14.4 Å². The molecule has 0 spiro atoms. The Bertz CT molecular complexity index is 1170. The SMILES string of the molecule is O=C(CCCC(=O)OCCCc1ccccc1)NC(=S)Nc1cccc(NC(=O)c2ccccc2)c1. The molecule has 0 aromatic heterocycles. The standard InChI is InChI=1S/C28H29N3O4S/c32-25(17-8-18-26(33)35-19-9-12-21-10-3-1-4-11-21)31-28(36)30-24-16-7-15-23(20-24)29-27(34)22-13-5-2-6-14-22/h1-7,10-11,13-16,20H,8-9,12,17-19H2,(H,29,34)(H2,30,31,32,36). The summed E-state index contributed by atoms with van der Waals surface area (Å²) >= 11 is 5.21. The smallest absolute Gasteiger partial charge is 0.305 e. The summed E-state index contributed by atoms with van der Waals surface area (Å²) in [5, 5.41) is 8.49. The number of rotatable bonds is 11. The molecule has 3 rings (SSSR count). The Labute approximate surface area is 216 Å². The fraction of sp³-hybridized carbons (Fsp3) is 0.214.